The standard InChI is InChI=1S/C27H27F2N5O3S/c1-3-4-6-18-13-20(8-9-22(18)38)31-25-32-26(36)34(15-19-7-5-10-30-24(19)35)27(37)33(25)14-17-11-16(2)23(29)21(28)12-17/h5,7-13,38H,3-4,6,14-15H2,1-2H3,(H,30,35)(H,31,32,36). The van der Waals surface area contributed by atoms with E-state index in [4.69, 9.17) is 0 Å². The molecule has 0 spiro atoms. The van der Waals surface area contributed by atoms with Crippen LogP contribution >= 0.6 is 12.6 Å². The van der Waals surface area contributed by atoms with Gasteiger partial charge in [-0.15, -0.1) is 12.6 Å². The number of thiol groups is 1. The molecule has 0 fully saturated rings. The molecule has 2 aromatic carbocycles. The number of pyridine rings is 1. The summed E-state index contributed by atoms with van der Waals surface area (Å²) in [4.78, 5) is 46.1. The Kier molecular flexibility index (Phi) is 8.26. The third kappa shape index (κ3) is 5.94. The summed E-state index contributed by atoms with van der Waals surface area (Å²) in [7, 11) is 0. The van der Waals surface area contributed by atoms with Crippen LogP contribution in [0.15, 0.2) is 67.9 Å². The number of nitrogens with zero attached hydrogens (tertiary/aromatic N) is 3. The van der Waals surface area contributed by atoms with Crippen molar-refractivity contribution in [3.63, 3.8) is 0 Å². The molecule has 2 N–H and O–H groups in total. The third-order valence-corrected chi connectivity index (χ3v) is 6.56. The molecule has 0 bridgehead atoms. The van der Waals surface area contributed by atoms with Gasteiger partial charge in [0.05, 0.1) is 13.1 Å². The van der Waals surface area contributed by atoms with Crippen LogP contribution in [0.4, 0.5) is 20.4 Å². The summed E-state index contributed by atoms with van der Waals surface area (Å²) in [5.74, 6) is -2.10. The fraction of sp³-hybridized carbons (Fsp3) is 0.259. The molecular formula is C27H27F2N5O3S. The average Bonchev–Trinajstić information content (AvgIpc) is 2.88. The Morgan fingerprint density at radius 1 is 1.03 bits per heavy atom. The molecule has 0 aliphatic heterocycles. The first-order valence-electron chi connectivity index (χ1n) is 12.1. The Morgan fingerprint density at radius 3 is 2.53 bits per heavy atom. The second kappa shape index (κ2) is 11.6. The van der Waals surface area contributed by atoms with Crippen LogP contribution in [0.3, 0.4) is 0 Å². The Morgan fingerprint density at radius 2 is 1.82 bits per heavy atom. The molecule has 2 aromatic heterocycles. The van der Waals surface area contributed by atoms with Crippen LogP contribution in [0.1, 0.15) is 42.0 Å². The van der Waals surface area contributed by atoms with Crippen molar-refractivity contribution >= 4 is 24.3 Å². The van der Waals surface area contributed by atoms with Crippen molar-refractivity contribution in [2.24, 2.45) is 0 Å². The molecule has 0 saturated heterocycles. The van der Waals surface area contributed by atoms with Gasteiger partial charge < -0.3 is 10.3 Å². The topological polar surface area (TPSA) is 102 Å². The number of aryl methyl sites for hydroxylation is 2. The van der Waals surface area contributed by atoms with Crippen molar-refractivity contribution < 1.29 is 8.78 Å². The van der Waals surface area contributed by atoms with Gasteiger partial charge in [-0.05, 0) is 66.8 Å². The van der Waals surface area contributed by atoms with Gasteiger partial charge in [0, 0.05) is 22.3 Å². The van der Waals surface area contributed by atoms with Crippen LogP contribution in [-0.2, 0) is 19.5 Å². The maximum atomic E-state index is 14.2. The molecule has 4 rings (SSSR count). The summed E-state index contributed by atoms with van der Waals surface area (Å²) in [5, 5.41) is 3.03. The van der Waals surface area contributed by atoms with Crippen LogP contribution in [0.5, 0.6) is 0 Å². The highest BCUT2D eigenvalue weighted by molar-refractivity contribution is 7.80. The predicted molar refractivity (Wildman–Crippen MR) is 145 cm³/mol. The first kappa shape index (κ1) is 27.1. The van der Waals surface area contributed by atoms with E-state index in [-0.39, 0.29) is 30.2 Å². The van der Waals surface area contributed by atoms with Crippen LogP contribution in [0.2, 0.25) is 0 Å². The number of H-pyrrole nitrogens is 1. The minimum atomic E-state index is -1.05. The summed E-state index contributed by atoms with van der Waals surface area (Å²) in [6.07, 6.45) is 4.20. The van der Waals surface area contributed by atoms with E-state index in [1.54, 1.807) is 18.2 Å². The van der Waals surface area contributed by atoms with Crippen molar-refractivity contribution in [1.82, 2.24) is 19.1 Å². The van der Waals surface area contributed by atoms with Crippen LogP contribution in [0, 0.1) is 18.6 Å². The van der Waals surface area contributed by atoms with Gasteiger partial charge in [0.25, 0.3) is 5.56 Å². The van der Waals surface area contributed by atoms with E-state index < -0.39 is 28.6 Å². The SMILES string of the molecule is CCCCc1cc(Nc2nc(=O)n(Cc3ccc[nH]c3=O)c(=O)n2Cc2cc(C)c(F)c(F)c2)ccc1S. The molecular weight excluding hydrogens is 512 g/mol. The summed E-state index contributed by atoms with van der Waals surface area (Å²) in [5.41, 5.74) is 0.0416. The molecule has 2 heterocycles. The lowest BCUT2D eigenvalue weighted by molar-refractivity contribution is 0.500. The van der Waals surface area contributed by atoms with Crippen LogP contribution in [-0.4, -0.2) is 19.1 Å². The highest BCUT2D eigenvalue weighted by Crippen LogP contribution is 2.23. The number of unbranched alkanes of at least 4 members (excludes halogenated alkanes) is 1. The van der Waals surface area contributed by atoms with E-state index in [1.807, 2.05) is 6.07 Å². The molecule has 8 nitrogen and oxygen atoms in total. The third-order valence-electron chi connectivity index (χ3n) is 6.12. The minimum Gasteiger partial charge on any atom is -0.329 e. The van der Waals surface area contributed by atoms with Gasteiger partial charge >= 0.3 is 11.4 Å². The zero-order valence-electron chi connectivity index (χ0n) is 20.9. The van der Waals surface area contributed by atoms with E-state index >= 15 is 0 Å². The number of nitrogens with one attached hydrogen (secondary N) is 2. The Balaban J connectivity index is 1.82. The lowest BCUT2D eigenvalue weighted by atomic mass is 10.1. The molecule has 0 amide bonds. The molecule has 0 atom stereocenters. The van der Waals surface area contributed by atoms with Gasteiger partial charge in [0.2, 0.25) is 5.95 Å². The molecule has 198 valence electrons. The van der Waals surface area contributed by atoms with Gasteiger partial charge in [-0.3, -0.25) is 9.36 Å². The van der Waals surface area contributed by atoms with Gasteiger partial charge in [-0.25, -0.2) is 22.9 Å². The van der Waals surface area contributed by atoms with E-state index in [0.717, 1.165) is 44.9 Å². The average molecular weight is 540 g/mol. The second-order valence-electron chi connectivity index (χ2n) is 8.98. The minimum absolute atomic E-state index is 0.0737. The number of aromatic amines is 1. The maximum Gasteiger partial charge on any atom is 0.355 e. The molecule has 38 heavy (non-hydrogen) atoms. The van der Waals surface area contributed by atoms with Crippen molar-refractivity contribution in [3.8, 4) is 0 Å². The number of anilines is 2. The fourth-order valence-electron chi connectivity index (χ4n) is 4.09. The Labute approximate surface area is 222 Å². The van der Waals surface area contributed by atoms with Crippen molar-refractivity contribution in [2.75, 3.05) is 5.32 Å². The number of hydrogen-bond donors (Lipinski definition) is 3. The predicted octanol–water partition coefficient (Wildman–Crippen LogP) is 4.15. The van der Waals surface area contributed by atoms with Gasteiger partial charge in [-0.1, -0.05) is 25.5 Å². The number of halogens is 2. The van der Waals surface area contributed by atoms with Gasteiger partial charge in [0.1, 0.15) is 0 Å². The number of benzene rings is 2. The molecule has 0 saturated carbocycles. The van der Waals surface area contributed by atoms with E-state index in [9.17, 15) is 23.2 Å². The second-order valence-corrected chi connectivity index (χ2v) is 9.46. The van der Waals surface area contributed by atoms with E-state index in [1.165, 1.54) is 25.3 Å². The van der Waals surface area contributed by atoms with Crippen molar-refractivity contribution in [3.05, 3.63) is 114 Å². The summed E-state index contributed by atoms with van der Waals surface area (Å²) >= 11 is 4.51. The molecule has 11 heteroatoms. The lowest BCUT2D eigenvalue weighted by Crippen LogP contribution is -2.43. The summed E-state index contributed by atoms with van der Waals surface area (Å²) in [6, 6.07) is 10.9. The highest BCUT2D eigenvalue weighted by Gasteiger charge is 2.17. The van der Waals surface area contributed by atoms with Gasteiger partial charge in [0.15, 0.2) is 11.6 Å². The zero-order chi connectivity index (χ0) is 27.4. The van der Waals surface area contributed by atoms with Crippen molar-refractivity contribution in [2.45, 2.75) is 51.1 Å². The Hall–Kier alpha value is -3.99. The fourth-order valence-corrected chi connectivity index (χ4v) is 4.34. The first-order chi connectivity index (χ1) is 18.2. The quantitative estimate of drug-likeness (QED) is 0.278. The molecule has 0 aliphatic rings. The molecule has 0 aliphatic carbocycles. The molecule has 0 unspecified atom stereocenters. The Bertz CT molecular complexity index is 1640. The van der Waals surface area contributed by atoms with Crippen LogP contribution in [0.25, 0.3) is 0 Å². The van der Waals surface area contributed by atoms with Gasteiger partial charge in [-0.2, -0.15) is 4.98 Å². The zero-order valence-corrected chi connectivity index (χ0v) is 21.8. The number of hydrogen-bond acceptors (Lipinski definition) is 6. The highest BCUT2D eigenvalue weighted by atomic mass is 32.1. The summed E-state index contributed by atoms with van der Waals surface area (Å²) in [6.45, 7) is 2.99. The molecule has 0 radical (unpaired) electrons. The number of rotatable bonds is 9. The normalized spacial score (nSPS) is 11.1. The smallest absolute Gasteiger partial charge is 0.329 e. The monoisotopic (exact) mass is 539 g/mol. The maximum absolute atomic E-state index is 14.2. The first-order valence-corrected chi connectivity index (χ1v) is 12.5. The van der Waals surface area contributed by atoms with Crippen molar-refractivity contribution in [1.29, 1.82) is 0 Å². The van der Waals surface area contributed by atoms with E-state index in [0.29, 0.717) is 11.3 Å². The molecule has 4 aromatic rings. The largest absolute Gasteiger partial charge is 0.355 e. The lowest BCUT2D eigenvalue weighted by Gasteiger charge is -2.17. The van der Waals surface area contributed by atoms with Crippen LogP contribution < -0.4 is 22.3 Å². The van der Waals surface area contributed by atoms with E-state index in [2.05, 4.69) is 34.8 Å². The number of aromatic nitrogens is 4. The summed E-state index contributed by atoms with van der Waals surface area (Å²) < 4.78 is 30.0.